The van der Waals surface area contributed by atoms with Crippen molar-refractivity contribution >= 4 is 23.1 Å². The molecule has 0 radical (unpaired) electrons. The molecule has 14 heavy (non-hydrogen) atoms. The molecule has 1 N–H and O–H groups in total. The summed E-state index contributed by atoms with van der Waals surface area (Å²) in [6, 6.07) is 4.40. The van der Waals surface area contributed by atoms with E-state index in [0.717, 1.165) is 12.2 Å². The van der Waals surface area contributed by atoms with E-state index in [1.165, 1.54) is 9.75 Å². The summed E-state index contributed by atoms with van der Waals surface area (Å²) in [7, 11) is 0. The first-order valence-electron chi connectivity index (χ1n) is 5.00. The highest BCUT2D eigenvalue weighted by Crippen LogP contribution is 2.25. The fourth-order valence-electron chi connectivity index (χ4n) is 1.04. The molecule has 1 rings (SSSR count). The lowest BCUT2D eigenvalue weighted by Crippen LogP contribution is -2.15. The molecule has 0 amide bonds. The highest BCUT2D eigenvalue weighted by molar-refractivity contribution is 7.99. The summed E-state index contributed by atoms with van der Waals surface area (Å²) in [4.78, 5) is 2.87. The van der Waals surface area contributed by atoms with Crippen molar-refractivity contribution in [2.75, 3.05) is 0 Å². The van der Waals surface area contributed by atoms with Gasteiger partial charge in [0.15, 0.2) is 0 Å². The van der Waals surface area contributed by atoms with E-state index in [4.69, 9.17) is 0 Å². The van der Waals surface area contributed by atoms with Crippen molar-refractivity contribution in [2.24, 2.45) is 0 Å². The lowest BCUT2D eigenvalue weighted by Gasteiger charge is -2.12. The maximum absolute atomic E-state index is 9.33. The van der Waals surface area contributed by atoms with E-state index in [1.807, 2.05) is 30.0 Å². The average molecular weight is 230 g/mol. The van der Waals surface area contributed by atoms with Gasteiger partial charge in [0.1, 0.15) is 0 Å². The zero-order valence-corrected chi connectivity index (χ0v) is 10.6. The minimum absolute atomic E-state index is 0.217. The van der Waals surface area contributed by atoms with Crippen LogP contribution >= 0.6 is 23.1 Å². The monoisotopic (exact) mass is 230 g/mol. The average Bonchev–Trinajstić information content (AvgIpc) is 2.61. The summed E-state index contributed by atoms with van der Waals surface area (Å²) in [6.45, 7) is 6.11. The lowest BCUT2D eigenvalue weighted by atomic mass is 10.3. The predicted molar refractivity (Wildman–Crippen MR) is 66.1 cm³/mol. The van der Waals surface area contributed by atoms with Crippen LogP contribution in [0.4, 0.5) is 0 Å². The van der Waals surface area contributed by atoms with Crippen molar-refractivity contribution in [3.05, 3.63) is 21.9 Å². The molecule has 2 unspecified atom stereocenters. The van der Waals surface area contributed by atoms with Gasteiger partial charge in [0, 0.05) is 20.8 Å². The predicted octanol–water partition coefficient (Wildman–Crippen LogP) is 3.31. The van der Waals surface area contributed by atoms with Crippen LogP contribution < -0.4 is 0 Å². The van der Waals surface area contributed by atoms with Crippen molar-refractivity contribution < 1.29 is 5.11 Å². The van der Waals surface area contributed by atoms with Crippen molar-refractivity contribution in [3.8, 4) is 0 Å². The maximum atomic E-state index is 9.33. The Labute approximate surface area is 94.5 Å². The van der Waals surface area contributed by atoms with E-state index in [0.29, 0.717) is 5.25 Å². The number of aliphatic hydroxyl groups excluding tert-OH is 1. The molecule has 0 saturated carbocycles. The van der Waals surface area contributed by atoms with Gasteiger partial charge in [-0.25, -0.2) is 0 Å². The fraction of sp³-hybridized carbons (Fsp3) is 0.636. The highest BCUT2D eigenvalue weighted by Gasteiger charge is 2.09. The fourth-order valence-corrected chi connectivity index (χ4v) is 3.04. The first-order chi connectivity index (χ1) is 6.63. The summed E-state index contributed by atoms with van der Waals surface area (Å²) in [6.07, 6.45) is 0.909. The molecular weight excluding hydrogens is 212 g/mol. The van der Waals surface area contributed by atoms with Gasteiger partial charge in [-0.05, 0) is 25.5 Å². The van der Waals surface area contributed by atoms with Crippen LogP contribution in [0.2, 0.25) is 0 Å². The molecule has 1 aromatic heterocycles. The van der Waals surface area contributed by atoms with Crippen LogP contribution in [-0.4, -0.2) is 16.5 Å². The number of hydrogen-bond acceptors (Lipinski definition) is 3. The molecule has 0 saturated heterocycles. The zero-order chi connectivity index (χ0) is 10.6. The van der Waals surface area contributed by atoms with Crippen molar-refractivity contribution in [1.82, 2.24) is 0 Å². The van der Waals surface area contributed by atoms with Gasteiger partial charge in [-0.2, -0.15) is 11.8 Å². The van der Waals surface area contributed by atoms with Crippen LogP contribution in [0.15, 0.2) is 12.1 Å². The number of thioether (sulfide) groups is 1. The maximum Gasteiger partial charge on any atom is 0.0628 e. The lowest BCUT2D eigenvalue weighted by molar-refractivity contribution is 0.196. The van der Waals surface area contributed by atoms with Gasteiger partial charge < -0.3 is 5.11 Å². The summed E-state index contributed by atoms with van der Waals surface area (Å²) in [5.41, 5.74) is 0. The molecule has 0 aliphatic rings. The van der Waals surface area contributed by atoms with Gasteiger partial charge in [0.25, 0.3) is 0 Å². The smallest absolute Gasteiger partial charge is 0.0628 e. The van der Waals surface area contributed by atoms with Gasteiger partial charge in [-0.3, -0.25) is 0 Å². The Balaban J connectivity index is 2.37. The molecule has 0 spiro atoms. The molecule has 1 nitrogen and oxygen atoms in total. The molecule has 3 heteroatoms. The van der Waals surface area contributed by atoms with Crippen LogP contribution in [0.5, 0.6) is 0 Å². The van der Waals surface area contributed by atoms with E-state index in [-0.39, 0.29) is 6.10 Å². The second-order valence-electron chi connectivity index (χ2n) is 3.48. The Kier molecular flexibility index (Phi) is 4.99. The van der Waals surface area contributed by atoms with Crippen LogP contribution in [0.3, 0.4) is 0 Å². The van der Waals surface area contributed by atoms with Gasteiger partial charge >= 0.3 is 0 Å². The van der Waals surface area contributed by atoms with E-state index in [2.05, 4.69) is 26.0 Å². The van der Waals surface area contributed by atoms with Crippen molar-refractivity contribution in [1.29, 1.82) is 0 Å². The molecule has 0 aromatic carbocycles. The molecule has 0 aliphatic carbocycles. The third kappa shape index (κ3) is 3.64. The number of hydrogen-bond donors (Lipinski definition) is 1. The topological polar surface area (TPSA) is 20.2 Å². The Morgan fingerprint density at radius 3 is 2.50 bits per heavy atom. The van der Waals surface area contributed by atoms with Crippen LogP contribution in [0.1, 0.15) is 30.5 Å². The third-order valence-corrected chi connectivity index (χ3v) is 5.04. The number of thiophene rings is 1. The Hall–Kier alpha value is 0.01000. The van der Waals surface area contributed by atoms with Gasteiger partial charge in [-0.15, -0.1) is 11.3 Å². The molecule has 1 heterocycles. The van der Waals surface area contributed by atoms with Gasteiger partial charge in [0.2, 0.25) is 0 Å². The van der Waals surface area contributed by atoms with E-state index >= 15 is 0 Å². The molecule has 0 fully saturated rings. The molecule has 80 valence electrons. The Bertz CT molecular complexity index is 268. The normalized spacial score (nSPS) is 15.4. The summed E-state index contributed by atoms with van der Waals surface area (Å²) in [5.74, 6) is 1.02. The third-order valence-electron chi connectivity index (χ3n) is 2.23. The van der Waals surface area contributed by atoms with Crippen molar-refractivity contribution in [3.63, 3.8) is 0 Å². The molecular formula is C11H18OS2. The summed E-state index contributed by atoms with van der Waals surface area (Å²) in [5, 5.41) is 9.65. The van der Waals surface area contributed by atoms with Crippen LogP contribution in [0, 0.1) is 0 Å². The van der Waals surface area contributed by atoms with Crippen molar-refractivity contribution in [2.45, 2.75) is 44.3 Å². The van der Waals surface area contributed by atoms with Gasteiger partial charge in [0.05, 0.1) is 6.10 Å². The van der Waals surface area contributed by atoms with Crippen LogP contribution in [-0.2, 0) is 12.2 Å². The highest BCUT2D eigenvalue weighted by atomic mass is 32.2. The first kappa shape index (κ1) is 12.1. The summed E-state index contributed by atoms with van der Waals surface area (Å²) < 4.78 is 0. The second-order valence-corrected chi connectivity index (χ2v) is 6.10. The largest absolute Gasteiger partial charge is 0.392 e. The molecule has 2 atom stereocenters. The minimum Gasteiger partial charge on any atom is -0.392 e. The first-order valence-corrected chi connectivity index (χ1v) is 6.87. The molecule has 1 aromatic rings. The quantitative estimate of drug-likeness (QED) is 0.837. The van der Waals surface area contributed by atoms with E-state index in [9.17, 15) is 5.11 Å². The van der Waals surface area contributed by atoms with E-state index in [1.54, 1.807) is 0 Å². The molecule has 0 aliphatic heterocycles. The standard InChI is InChI=1S/C11H18OS2/c1-4-10-5-6-11(14-10)7-13-9(3)8(2)12/h5-6,8-9,12H,4,7H2,1-3H3. The number of aliphatic hydroxyl groups is 1. The number of aryl methyl sites for hydroxylation is 1. The Morgan fingerprint density at radius 1 is 1.36 bits per heavy atom. The van der Waals surface area contributed by atoms with E-state index < -0.39 is 0 Å². The SMILES string of the molecule is CCc1ccc(CSC(C)C(C)O)s1. The van der Waals surface area contributed by atoms with Crippen LogP contribution in [0.25, 0.3) is 0 Å². The van der Waals surface area contributed by atoms with Gasteiger partial charge in [-0.1, -0.05) is 13.8 Å². The second kappa shape index (κ2) is 5.79. The zero-order valence-electron chi connectivity index (χ0n) is 8.99. The minimum atomic E-state index is -0.217. The Morgan fingerprint density at radius 2 is 2.00 bits per heavy atom. The summed E-state index contributed by atoms with van der Waals surface area (Å²) >= 11 is 3.71. The number of rotatable bonds is 5. The molecule has 0 bridgehead atoms.